The molecule has 4 aromatic carbocycles. The first-order chi connectivity index (χ1) is 14.6. The Kier molecular flexibility index (Phi) is 5.91. The number of hydrogen-bond donors (Lipinski definition) is 0. The molecule has 0 spiro atoms. The van der Waals surface area contributed by atoms with Gasteiger partial charge in [-0.25, -0.2) is 0 Å². The van der Waals surface area contributed by atoms with Gasteiger partial charge in [-0.05, 0) is 21.2 Å². The first-order valence-electron chi connectivity index (χ1n) is 9.85. The highest BCUT2D eigenvalue weighted by molar-refractivity contribution is 7.98. The van der Waals surface area contributed by atoms with Crippen LogP contribution in [0.1, 0.15) is 6.92 Å². The summed E-state index contributed by atoms with van der Waals surface area (Å²) in [4.78, 5) is 0. The van der Waals surface area contributed by atoms with Crippen LogP contribution in [0.5, 0.6) is 0 Å². The second-order valence-electron chi connectivity index (χ2n) is 7.11. The molecule has 0 fully saturated rings. The minimum absolute atomic E-state index is 0.518. The molecule has 0 aliphatic heterocycles. The third-order valence-corrected chi connectivity index (χ3v) is 13.0. The lowest BCUT2D eigenvalue weighted by atomic mass is 10.4. The first-order valence-corrected chi connectivity index (χ1v) is 13.3. The minimum atomic E-state index is -3.31. The third-order valence-electron chi connectivity index (χ3n) is 5.39. The van der Waals surface area contributed by atoms with Crippen LogP contribution in [0.25, 0.3) is 0 Å². The number of benzene rings is 4. The summed E-state index contributed by atoms with van der Waals surface area (Å²) in [5.41, 5.74) is 0. The summed E-state index contributed by atoms with van der Waals surface area (Å²) in [5, 5.41) is 3.30. The lowest BCUT2D eigenvalue weighted by Gasteiger charge is -2.44. The molecule has 0 amide bonds. The van der Waals surface area contributed by atoms with Gasteiger partial charge >= 0.3 is 0 Å². The maximum absolute atomic E-state index is 14.9. The molecule has 0 aliphatic carbocycles. The van der Waals surface area contributed by atoms with Gasteiger partial charge in [-0.15, -0.1) is 0 Å². The van der Waals surface area contributed by atoms with Crippen molar-refractivity contribution in [3.05, 3.63) is 127 Å². The number of rotatable bonds is 6. The Labute approximate surface area is 178 Å². The summed E-state index contributed by atoms with van der Waals surface area (Å²) in [6.07, 6.45) is 0. The van der Waals surface area contributed by atoms with Crippen LogP contribution in [0.2, 0.25) is 0 Å². The van der Waals surface area contributed by atoms with E-state index >= 15 is 0 Å². The maximum Gasteiger partial charge on any atom is 0.0199 e. The van der Waals surface area contributed by atoms with Crippen LogP contribution >= 0.6 is 14.3 Å². The Balaban J connectivity index is 2.01. The smallest absolute Gasteiger partial charge is 0.0199 e. The van der Waals surface area contributed by atoms with Gasteiger partial charge in [0.25, 0.3) is 0 Å². The molecule has 0 N–H and O–H groups in total. The van der Waals surface area contributed by atoms with Crippen LogP contribution in [0.4, 0.5) is 0 Å². The molecule has 30 heavy (non-hydrogen) atoms. The van der Waals surface area contributed by atoms with Crippen molar-refractivity contribution in [1.29, 1.82) is 0 Å². The van der Waals surface area contributed by atoms with Crippen molar-refractivity contribution in [2.24, 2.45) is 0 Å². The van der Waals surface area contributed by atoms with E-state index < -0.39 is 14.3 Å². The standard InChI is InChI=1S/C26H23O2P2/c1-22(29(27,23-14-6-2-7-15-23)24-16-8-3-9-17-24)30(28,25-18-10-4-11-19-25)26-20-12-5-13-21-26/h2-21H,1H3/q-1. The fraction of sp³-hybridized carbons (Fsp3) is 0.0385. The van der Waals surface area contributed by atoms with Crippen molar-refractivity contribution in [1.82, 2.24) is 0 Å². The average molecular weight is 429 g/mol. The van der Waals surface area contributed by atoms with E-state index in [-0.39, 0.29) is 0 Å². The summed E-state index contributed by atoms with van der Waals surface area (Å²) in [6, 6.07) is 37.7. The zero-order valence-corrected chi connectivity index (χ0v) is 18.5. The van der Waals surface area contributed by atoms with Crippen LogP contribution < -0.4 is 21.2 Å². The minimum Gasteiger partial charge on any atom is -0.347 e. The summed E-state index contributed by atoms with van der Waals surface area (Å²) in [5.74, 6) is 0. The summed E-state index contributed by atoms with van der Waals surface area (Å²) in [7, 11) is -6.63. The quantitative estimate of drug-likeness (QED) is 0.299. The summed E-state index contributed by atoms with van der Waals surface area (Å²) >= 11 is 0. The molecule has 0 saturated carbocycles. The molecule has 0 unspecified atom stereocenters. The van der Waals surface area contributed by atoms with E-state index in [2.05, 4.69) is 0 Å². The van der Waals surface area contributed by atoms with E-state index in [1.54, 1.807) is 0 Å². The van der Waals surface area contributed by atoms with Crippen molar-refractivity contribution >= 4 is 35.5 Å². The number of hydrogen-bond acceptors (Lipinski definition) is 2. The van der Waals surface area contributed by atoms with Gasteiger partial charge in [-0.2, -0.15) is 12.3 Å². The Morgan fingerprint density at radius 3 is 0.833 bits per heavy atom. The molecule has 0 radical (unpaired) electrons. The van der Waals surface area contributed by atoms with Crippen LogP contribution in [0, 0.1) is 5.40 Å². The van der Waals surface area contributed by atoms with Crippen molar-refractivity contribution in [3.63, 3.8) is 0 Å². The van der Waals surface area contributed by atoms with Crippen LogP contribution in [0.3, 0.4) is 0 Å². The Morgan fingerprint density at radius 2 is 0.633 bits per heavy atom. The molecular formula is C26H23O2P2-. The molecule has 4 heteroatoms. The molecule has 4 aromatic rings. The van der Waals surface area contributed by atoms with Crippen molar-refractivity contribution in [2.45, 2.75) is 6.92 Å². The van der Waals surface area contributed by atoms with Crippen LogP contribution in [0.15, 0.2) is 121 Å². The predicted molar refractivity (Wildman–Crippen MR) is 128 cm³/mol. The van der Waals surface area contributed by atoms with Gasteiger partial charge in [0.15, 0.2) is 0 Å². The van der Waals surface area contributed by atoms with Crippen molar-refractivity contribution in [2.75, 3.05) is 0 Å². The van der Waals surface area contributed by atoms with Gasteiger partial charge in [0.1, 0.15) is 0 Å². The van der Waals surface area contributed by atoms with Crippen LogP contribution in [-0.2, 0) is 9.13 Å². The van der Waals surface area contributed by atoms with Crippen molar-refractivity contribution in [3.8, 4) is 0 Å². The maximum atomic E-state index is 14.9. The van der Waals surface area contributed by atoms with E-state index in [0.717, 1.165) is 0 Å². The molecule has 0 aliphatic rings. The fourth-order valence-corrected chi connectivity index (χ4v) is 11.2. The molecule has 0 bridgehead atoms. The fourth-order valence-electron chi connectivity index (χ4n) is 3.80. The zero-order valence-electron chi connectivity index (χ0n) is 16.8. The highest BCUT2D eigenvalue weighted by atomic mass is 31.2. The largest absolute Gasteiger partial charge is 0.347 e. The second kappa shape index (κ2) is 8.60. The molecular weight excluding hydrogens is 406 g/mol. The highest BCUT2D eigenvalue weighted by Crippen LogP contribution is 2.71. The zero-order chi connectivity index (χ0) is 21.0. The molecule has 0 atom stereocenters. The summed E-state index contributed by atoms with van der Waals surface area (Å²) < 4.78 is 29.8. The van der Waals surface area contributed by atoms with E-state index in [9.17, 15) is 9.13 Å². The van der Waals surface area contributed by atoms with E-state index in [1.807, 2.05) is 128 Å². The van der Waals surface area contributed by atoms with Gasteiger partial charge in [-0.3, -0.25) is 0 Å². The molecule has 4 rings (SSSR count). The molecule has 0 saturated heterocycles. The third kappa shape index (κ3) is 3.52. The first kappa shape index (κ1) is 20.6. The lowest BCUT2D eigenvalue weighted by Crippen LogP contribution is -2.26. The monoisotopic (exact) mass is 429 g/mol. The Bertz CT molecular complexity index is 1010. The van der Waals surface area contributed by atoms with Gasteiger partial charge in [0, 0.05) is 14.3 Å². The predicted octanol–water partition coefficient (Wildman–Crippen LogP) is 5.52. The molecule has 2 nitrogen and oxygen atoms in total. The Hall–Kier alpha value is -2.66. The van der Waals surface area contributed by atoms with Gasteiger partial charge in [-0.1, -0.05) is 121 Å². The van der Waals surface area contributed by atoms with E-state index in [4.69, 9.17) is 0 Å². The van der Waals surface area contributed by atoms with E-state index in [0.29, 0.717) is 26.6 Å². The van der Waals surface area contributed by atoms with Crippen molar-refractivity contribution < 1.29 is 9.13 Å². The van der Waals surface area contributed by atoms with Gasteiger partial charge < -0.3 is 9.13 Å². The van der Waals surface area contributed by atoms with Crippen LogP contribution in [-0.4, -0.2) is 0 Å². The molecule has 150 valence electrons. The second-order valence-corrected chi connectivity index (χ2v) is 13.3. The Morgan fingerprint density at radius 1 is 0.433 bits per heavy atom. The SMILES string of the molecule is C[C-](P(=O)(c1ccccc1)c1ccccc1)P(=O)(c1ccccc1)c1ccccc1. The van der Waals surface area contributed by atoms with Gasteiger partial charge in [0.05, 0.1) is 0 Å². The molecule has 0 heterocycles. The van der Waals surface area contributed by atoms with E-state index in [1.165, 1.54) is 0 Å². The highest BCUT2D eigenvalue weighted by Gasteiger charge is 2.35. The van der Waals surface area contributed by atoms with Gasteiger partial charge in [0.2, 0.25) is 0 Å². The average Bonchev–Trinajstić information content (AvgIpc) is 2.84. The topological polar surface area (TPSA) is 34.1 Å². The normalized spacial score (nSPS) is 12.1. The summed E-state index contributed by atoms with van der Waals surface area (Å²) in [6.45, 7) is 1.81. The molecule has 0 aromatic heterocycles. The lowest BCUT2D eigenvalue weighted by molar-refractivity contribution is 0.582.